The van der Waals surface area contributed by atoms with Crippen molar-refractivity contribution in [3.8, 4) is 0 Å². The van der Waals surface area contributed by atoms with Gasteiger partial charge in [-0.1, -0.05) is 0 Å². The summed E-state index contributed by atoms with van der Waals surface area (Å²) in [5.74, 6) is 0.425. The van der Waals surface area contributed by atoms with Crippen LogP contribution in [0.2, 0.25) is 0 Å². The molecule has 2 fully saturated rings. The summed E-state index contributed by atoms with van der Waals surface area (Å²) >= 11 is 0. The van der Waals surface area contributed by atoms with Crippen LogP contribution in [0.15, 0.2) is 0 Å². The minimum atomic E-state index is -0.0998. The zero-order valence-corrected chi connectivity index (χ0v) is 8.32. The SMILES string of the molecule is CN1C2CCC1C(CCN)C(O)C2. The number of fused-ring (bicyclic) bond motifs is 2. The molecule has 0 aromatic carbocycles. The van der Waals surface area contributed by atoms with Crippen molar-refractivity contribution in [3.05, 3.63) is 0 Å². The van der Waals surface area contributed by atoms with Crippen LogP contribution >= 0.6 is 0 Å². The van der Waals surface area contributed by atoms with Crippen molar-refractivity contribution in [2.75, 3.05) is 13.6 Å². The van der Waals surface area contributed by atoms with Gasteiger partial charge in [0, 0.05) is 18.0 Å². The number of nitrogens with zero attached hydrogens (tertiary/aromatic N) is 1. The lowest BCUT2D eigenvalue weighted by atomic mass is 9.85. The van der Waals surface area contributed by atoms with Crippen LogP contribution in [0.5, 0.6) is 0 Å². The molecular weight excluding hydrogens is 164 g/mol. The fourth-order valence-corrected chi connectivity index (χ4v) is 3.13. The van der Waals surface area contributed by atoms with E-state index in [2.05, 4.69) is 11.9 Å². The molecule has 4 unspecified atom stereocenters. The van der Waals surface area contributed by atoms with E-state index in [1.54, 1.807) is 0 Å². The Morgan fingerprint density at radius 2 is 2.23 bits per heavy atom. The van der Waals surface area contributed by atoms with Gasteiger partial charge < -0.3 is 10.8 Å². The number of aliphatic hydroxyl groups is 1. The first kappa shape index (κ1) is 9.44. The lowest BCUT2D eigenvalue weighted by molar-refractivity contribution is -0.00919. The molecule has 3 heteroatoms. The van der Waals surface area contributed by atoms with E-state index in [9.17, 15) is 5.11 Å². The maximum atomic E-state index is 9.92. The van der Waals surface area contributed by atoms with Crippen LogP contribution in [0.1, 0.15) is 25.7 Å². The van der Waals surface area contributed by atoms with E-state index in [1.165, 1.54) is 12.8 Å². The normalized spacial score (nSPS) is 45.5. The summed E-state index contributed by atoms with van der Waals surface area (Å²) in [6, 6.07) is 1.23. The van der Waals surface area contributed by atoms with Gasteiger partial charge in [0.1, 0.15) is 0 Å². The van der Waals surface area contributed by atoms with Gasteiger partial charge in [-0.3, -0.25) is 4.90 Å². The number of piperidine rings is 1. The zero-order valence-electron chi connectivity index (χ0n) is 8.32. The molecule has 2 aliphatic rings. The molecule has 2 rings (SSSR count). The van der Waals surface area contributed by atoms with Gasteiger partial charge in [0.2, 0.25) is 0 Å². The number of hydrogen-bond donors (Lipinski definition) is 2. The molecule has 2 heterocycles. The van der Waals surface area contributed by atoms with Gasteiger partial charge in [0.15, 0.2) is 0 Å². The van der Waals surface area contributed by atoms with Crippen LogP contribution in [0.4, 0.5) is 0 Å². The van der Waals surface area contributed by atoms with Crippen LogP contribution < -0.4 is 5.73 Å². The smallest absolute Gasteiger partial charge is 0.0598 e. The van der Waals surface area contributed by atoms with E-state index >= 15 is 0 Å². The van der Waals surface area contributed by atoms with E-state index < -0.39 is 0 Å². The molecule has 0 aromatic heterocycles. The minimum Gasteiger partial charge on any atom is -0.393 e. The van der Waals surface area contributed by atoms with E-state index in [0.717, 1.165) is 12.8 Å². The van der Waals surface area contributed by atoms with E-state index in [-0.39, 0.29) is 6.10 Å². The Bertz CT molecular complexity index is 186. The molecule has 0 saturated carbocycles. The maximum Gasteiger partial charge on any atom is 0.0598 e. The second-order valence-electron chi connectivity index (χ2n) is 4.51. The summed E-state index contributed by atoms with van der Waals surface area (Å²) < 4.78 is 0. The summed E-state index contributed by atoms with van der Waals surface area (Å²) in [7, 11) is 2.19. The third kappa shape index (κ3) is 1.49. The molecule has 4 atom stereocenters. The maximum absolute atomic E-state index is 9.92. The topological polar surface area (TPSA) is 49.5 Å². The van der Waals surface area contributed by atoms with E-state index in [0.29, 0.717) is 24.5 Å². The quantitative estimate of drug-likeness (QED) is 0.643. The molecule has 2 aliphatic heterocycles. The molecule has 0 amide bonds. The summed E-state index contributed by atoms with van der Waals surface area (Å²) in [5.41, 5.74) is 5.57. The van der Waals surface area contributed by atoms with Crippen molar-refractivity contribution in [2.24, 2.45) is 11.7 Å². The fourth-order valence-electron chi connectivity index (χ4n) is 3.13. The van der Waals surface area contributed by atoms with Crippen molar-refractivity contribution >= 4 is 0 Å². The van der Waals surface area contributed by atoms with Gasteiger partial charge in [0.25, 0.3) is 0 Å². The first-order valence-electron chi connectivity index (χ1n) is 5.34. The lowest BCUT2D eigenvalue weighted by Crippen LogP contribution is -2.49. The average molecular weight is 184 g/mol. The molecule has 0 radical (unpaired) electrons. The third-order valence-electron chi connectivity index (χ3n) is 3.90. The van der Waals surface area contributed by atoms with Crippen LogP contribution in [-0.4, -0.2) is 41.8 Å². The summed E-state index contributed by atoms with van der Waals surface area (Å²) in [4.78, 5) is 2.45. The highest BCUT2D eigenvalue weighted by atomic mass is 16.3. The second-order valence-corrected chi connectivity index (χ2v) is 4.51. The van der Waals surface area contributed by atoms with Crippen LogP contribution in [0.25, 0.3) is 0 Å². The Morgan fingerprint density at radius 3 is 2.92 bits per heavy atom. The molecule has 2 bridgehead atoms. The third-order valence-corrected chi connectivity index (χ3v) is 3.90. The van der Waals surface area contributed by atoms with Crippen molar-refractivity contribution in [1.82, 2.24) is 4.90 Å². The molecule has 3 nitrogen and oxygen atoms in total. The van der Waals surface area contributed by atoms with E-state index in [1.807, 2.05) is 0 Å². The molecule has 76 valence electrons. The second kappa shape index (κ2) is 3.56. The largest absolute Gasteiger partial charge is 0.393 e. The lowest BCUT2D eigenvalue weighted by Gasteiger charge is -2.40. The van der Waals surface area contributed by atoms with Crippen LogP contribution in [0, 0.1) is 5.92 Å². The van der Waals surface area contributed by atoms with Crippen molar-refractivity contribution in [1.29, 1.82) is 0 Å². The Labute approximate surface area is 79.9 Å². The number of nitrogens with two attached hydrogens (primary N) is 1. The van der Waals surface area contributed by atoms with Crippen molar-refractivity contribution in [2.45, 2.75) is 43.9 Å². The van der Waals surface area contributed by atoms with Gasteiger partial charge >= 0.3 is 0 Å². The van der Waals surface area contributed by atoms with Gasteiger partial charge in [-0.25, -0.2) is 0 Å². The average Bonchev–Trinajstić information content (AvgIpc) is 2.34. The predicted octanol–water partition coefficient (Wildman–Crippen LogP) is 0.179. The number of aliphatic hydroxyl groups excluding tert-OH is 1. The first-order chi connectivity index (χ1) is 6.24. The van der Waals surface area contributed by atoms with Crippen molar-refractivity contribution in [3.63, 3.8) is 0 Å². The molecular formula is C10H20N2O. The van der Waals surface area contributed by atoms with Gasteiger partial charge in [-0.05, 0) is 39.3 Å². The Balaban J connectivity index is 2.08. The van der Waals surface area contributed by atoms with Crippen LogP contribution in [-0.2, 0) is 0 Å². The minimum absolute atomic E-state index is 0.0998. The number of hydrogen-bond acceptors (Lipinski definition) is 3. The highest BCUT2D eigenvalue weighted by molar-refractivity contribution is 4.98. The standard InChI is InChI=1S/C10H20N2O/c1-12-7-2-3-9(12)8(4-5-11)10(13)6-7/h7-10,13H,2-6,11H2,1H3. The zero-order chi connectivity index (χ0) is 9.42. The predicted molar refractivity (Wildman–Crippen MR) is 52.4 cm³/mol. The molecule has 0 aromatic rings. The Morgan fingerprint density at radius 1 is 1.46 bits per heavy atom. The molecule has 2 saturated heterocycles. The highest BCUT2D eigenvalue weighted by Gasteiger charge is 2.44. The van der Waals surface area contributed by atoms with Gasteiger partial charge in [-0.15, -0.1) is 0 Å². The molecule has 0 spiro atoms. The van der Waals surface area contributed by atoms with E-state index in [4.69, 9.17) is 5.73 Å². The Kier molecular flexibility index (Phi) is 2.58. The first-order valence-corrected chi connectivity index (χ1v) is 5.34. The Hall–Kier alpha value is -0.120. The monoisotopic (exact) mass is 184 g/mol. The number of rotatable bonds is 2. The molecule has 3 N–H and O–H groups in total. The van der Waals surface area contributed by atoms with Gasteiger partial charge in [0.05, 0.1) is 6.10 Å². The molecule has 13 heavy (non-hydrogen) atoms. The summed E-state index contributed by atoms with van der Waals surface area (Å²) in [6.07, 6.45) is 4.35. The summed E-state index contributed by atoms with van der Waals surface area (Å²) in [5, 5.41) is 9.92. The van der Waals surface area contributed by atoms with Gasteiger partial charge in [-0.2, -0.15) is 0 Å². The molecule has 0 aliphatic carbocycles. The van der Waals surface area contributed by atoms with Crippen LogP contribution in [0.3, 0.4) is 0 Å². The highest BCUT2D eigenvalue weighted by Crippen LogP contribution is 2.39. The van der Waals surface area contributed by atoms with Crippen molar-refractivity contribution < 1.29 is 5.11 Å². The summed E-state index contributed by atoms with van der Waals surface area (Å²) in [6.45, 7) is 0.705. The fraction of sp³-hybridized carbons (Fsp3) is 1.00.